The Morgan fingerprint density at radius 1 is 1.29 bits per heavy atom. The normalized spacial score (nSPS) is 16.4. The Kier molecular flexibility index (Phi) is 4.33. The van der Waals surface area contributed by atoms with Gasteiger partial charge in [-0.2, -0.15) is 11.3 Å². The minimum atomic E-state index is -0.808. The molecule has 0 amide bonds. The molecule has 0 saturated heterocycles. The van der Waals surface area contributed by atoms with Crippen molar-refractivity contribution in [1.82, 2.24) is 4.90 Å². The van der Waals surface area contributed by atoms with E-state index in [-0.39, 0.29) is 12.6 Å². The lowest BCUT2D eigenvalue weighted by molar-refractivity contribution is 0.177. The molecule has 1 unspecified atom stereocenters. The summed E-state index contributed by atoms with van der Waals surface area (Å²) >= 11 is 1.64. The van der Waals surface area contributed by atoms with Gasteiger partial charge in [-0.3, -0.25) is 4.90 Å². The Morgan fingerprint density at radius 2 is 2.10 bits per heavy atom. The molecule has 1 aromatic carbocycles. The van der Waals surface area contributed by atoms with E-state index in [2.05, 4.69) is 16.3 Å². The quantitative estimate of drug-likeness (QED) is 0.882. The van der Waals surface area contributed by atoms with Crippen LogP contribution in [0.5, 0.6) is 0 Å². The summed E-state index contributed by atoms with van der Waals surface area (Å²) in [5, 5.41) is 4.12. The van der Waals surface area contributed by atoms with Gasteiger partial charge in [-0.05, 0) is 41.3 Å². The molecule has 1 aliphatic carbocycles. The van der Waals surface area contributed by atoms with E-state index in [1.54, 1.807) is 23.5 Å². The summed E-state index contributed by atoms with van der Waals surface area (Å²) in [6.07, 6.45) is 2.19. The van der Waals surface area contributed by atoms with Crippen molar-refractivity contribution in [3.63, 3.8) is 0 Å². The van der Waals surface area contributed by atoms with E-state index in [0.717, 1.165) is 25.5 Å². The van der Waals surface area contributed by atoms with Gasteiger partial charge in [0.1, 0.15) is 0 Å². The predicted molar refractivity (Wildman–Crippen MR) is 81.0 cm³/mol. The Morgan fingerprint density at radius 3 is 2.71 bits per heavy atom. The molecule has 5 heteroatoms. The van der Waals surface area contributed by atoms with Crippen molar-refractivity contribution in [2.75, 3.05) is 6.54 Å². The van der Waals surface area contributed by atoms with Crippen LogP contribution in [0.15, 0.2) is 35.0 Å². The van der Waals surface area contributed by atoms with Crippen LogP contribution in [0.1, 0.15) is 30.0 Å². The fraction of sp³-hybridized carbons (Fsp3) is 0.375. The van der Waals surface area contributed by atoms with Crippen LogP contribution < -0.4 is 5.73 Å². The van der Waals surface area contributed by atoms with Gasteiger partial charge in [-0.15, -0.1) is 0 Å². The largest absolute Gasteiger partial charge is 0.329 e. The Labute approximate surface area is 127 Å². The van der Waals surface area contributed by atoms with Gasteiger partial charge in [0.2, 0.25) is 0 Å². The second kappa shape index (κ2) is 6.22. The summed E-state index contributed by atoms with van der Waals surface area (Å²) in [5.41, 5.74) is 7.45. The van der Waals surface area contributed by atoms with Gasteiger partial charge < -0.3 is 5.73 Å². The fourth-order valence-electron chi connectivity index (χ4n) is 2.71. The van der Waals surface area contributed by atoms with E-state index in [1.165, 1.54) is 5.56 Å². The highest BCUT2D eigenvalue weighted by Crippen LogP contribution is 2.36. The third-order valence-corrected chi connectivity index (χ3v) is 4.66. The van der Waals surface area contributed by atoms with E-state index in [9.17, 15) is 8.78 Å². The highest BCUT2D eigenvalue weighted by atomic mass is 32.1. The number of rotatable bonds is 6. The topological polar surface area (TPSA) is 29.3 Å². The SMILES string of the molecule is NCC(c1cccc(F)c1F)N(Cc1ccsc1)C1CC1. The number of hydrogen-bond acceptors (Lipinski definition) is 3. The molecule has 2 N–H and O–H groups in total. The van der Waals surface area contributed by atoms with Gasteiger partial charge in [0.25, 0.3) is 0 Å². The smallest absolute Gasteiger partial charge is 0.163 e. The number of hydrogen-bond donors (Lipinski definition) is 1. The first kappa shape index (κ1) is 14.6. The first-order valence-electron chi connectivity index (χ1n) is 7.11. The minimum absolute atomic E-state index is 0.279. The second-order valence-electron chi connectivity index (χ2n) is 5.43. The first-order valence-corrected chi connectivity index (χ1v) is 8.05. The summed E-state index contributed by atoms with van der Waals surface area (Å²) in [6, 6.07) is 6.53. The third-order valence-electron chi connectivity index (χ3n) is 3.93. The summed E-state index contributed by atoms with van der Waals surface area (Å²) in [7, 11) is 0. The van der Waals surface area contributed by atoms with Crippen molar-refractivity contribution in [2.45, 2.75) is 31.5 Å². The van der Waals surface area contributed by atoms with Crippen molar-refractivity contribution in [2.24, 2.45) is 5.73 Å². The fourth-order valence-corrected chi connectivity index (χ4v) is 3.37. The summed E-state index contributed by atoms with van der Waals surface area (Å²) in [4.78, 5) is 2.21. The number of nitrogens with two attached hydrogens (primary N) is 1. The number of thiophene rings is 1. The monoisotopic (exact) mass is 308 g/mol. The summed E-state index contributed by atoms with van der Waals surface area (Å²) in [6.45, 7) is 1.01. The minimum Gasteiger partial charge on any atom is -0.329 e. The van der Waals surface area contributed by atoms with Crippen molar-refractivity contribution >= 4 is 11.3 Å². The zero-order valence-electron chi connectivity index (χ0n) is 11.6. The van der Waals surface area contributed by atoms with Crippen LogP contribution in [0.2, 0.25) is 0 Å². The molecule has 2 nitrogen and oxygen atoms in total. The Balaban J connectivity index is 1.90. The van der Waals surface area contributed by atoms with Crippen LogP contribution in [-0.4, -0.2) is 17.5 Å². The van der Waals surface area contributed by atoms with E-state index in [0.29, 0.717) is 11.6 Å². The van der Waals surface area contributed by atoms with Crippen LogP contribution in [0.3, 0.4) is 0 Å². The van der Waals surface area contributed by atoms with Crippen LogP contribution in [0.25, 0.3) is 0 Å². The molecule has 0 aliphatic heterocycles. The molecule has 21 heavy (non-hydrogen) atoms. The van der Waals surface area contributed by atoms with Crippen LogP contribution in [-0.2, 0) is 6.54 Å². The van der Waals surface area contributed by atoms with Gasteiger partial charge in [0.05, 0.1) is 6.04 Å². The molecule has 1 heterocycles. The molecule has 1 aromatic heterocycles. The van der Waals surface area contributed by atoms with E-state index < -0.39 is 11.6 Å². The van der Waals surface area contributed by atoms with Crippen molar-refractivity contribution in [1.29, 1.82) is 0 Å². The van der Waals surface area contributed by atoms with Crippen LogP contribution >= 0.6 is 11.3 Å². The van der Waals surface area contributed by atoms with Crippen molar-refractivity contribution in [3.05, 3.63) is 57.8 Å². The average Bonchev–Trinajstić information content (AvgIpc) is 3.20. The highest BCUT2D eigenvalue weighted by Gasteiger charge is 2.35. The molecule has 0 bridgehead atoms. The number of halogens is 2. The van der Waals surface area contributed by atoms with Crippen molar-refractivity contribution in [3.8, 4) is 0 Å². The maximum absolute atomic E-state index is 14.1. The van der Waals surface area contributed by atoms with Gasteiger partial charge in [-0.1, -0.05) is 12.1 Å². The van der Waals surface area contributed by atoms with Gasteiger partial charge >= 0.3 is 0 Å². The molecule has 1 aliphatic rings. The van der Waals surface area contributed by atoms with E-state index >= 15 is 0 Å². The maximum atomic E-state index is 14.1. The van der Waals surface area contributed by atoms with Crippen molar-refractivity contribution < 1.29 is 8.78 Å². The van der Waals surface area contributed by atoms with Gasteiger partial charge in [0, 0.05) is 24.7 Å². The lowest BCUT2D eigenvalue weighted by Gasteiger charge is -2.31. The third kappa shape index (κ3) is 3.15. The molecule has 0 radical (unpaired) electrons. The summed E-state index contributed by atoms with van der Waals surface area (Å²) in [5.74, 6) is -1.58. The number of nitrogens with zero attached hydrogens (tertiary/aromatic N) is 1. The van der Waals surface area contributed by atoms with Gasteiger partial charge in [0.15, 0.2) is 11.6 Å². The van der Waals surface area contributed by atoms with E-state index in [1.807, 2.05) is 5.38 Å². The van der Waals surface area contributed by atoms with Crippen LogP contribution in [0, 0.1) is 11.6 Å². The van der Waals surface area contributed by atoms with E-state index in [4.69, 9.17) is 5.73 Å². The molecule has 0 spiro atoms. The molecule has 1 fully saturated rings. The molecule has 112 valence electrons. The van der Waals surface area contributed by atoms with Gasteiger partial charge in [-0.25, -0.2) is 8.78 Å². The highest BCUT2D eigenvalue weighted by molar-refractivity contribution is 7.07. The standard InChI is InChI=1S/C16H18F2N2S/c17-14-3-1-2-13(16(14)18)15(8-19)20(12-4-5-12)9-11-6-7-21-10-11/h1-3,6-7,10,12,15H,4-5,8-9,19H2. The zero-order valence-corrected chi connectivity index (χ0v) is 12.5. The lowest BCUT2D eigenvalue weighted by atomic mass is 10.0. The summed E-state index contributed by atoms with van der Waals surface area (Å²) < 4.78 is 27.6. The Hall–Kier alpha value is -1.30. The first-order chi connectivity index (χ1) is 10.2. The molecule has 1 atom stereocenters. The maximum Gasteiger partial charge on any atom is 0.163 e. The molecular formula is C16H18F2N2S. The predicted octanol–water partition coefficient (Wildman–Crippen LogP) is 3.69. The molecule has 3 rings (SSSR count). The zero-order chi connectivity index (χ0) is 14.8. The molecule has 2 aromatic rings. The Bertz CT molecular complexity index is 596. The molecular weight excluding hydrogens is 290 g/mol. The lowest BCUT2D eigenvalue weighted by Crippen LogP contribution is -2.35. The average molecular weight is 308 g/mol. The number of benzene rings is 1. The second-order valence-corrected chi connectivity index (χ2v) is 6.21. The van der Waals surface area contributed by atoms with Crippen LogP contribution in [0.4, 0.5) is 8.78 Å². The molecule has 1 saturated carbocycles.